The van der Waals surface area contributed by atoms with Crippen LogP contribution in [0, 0.1) is 12.7 Å². The maximum absolute atomic E-state index is 13.5. The lowest BCUT2D eigenvalue weighted by Crippen LogP contribution is -2.44. The highest BCUT2D eigenvalue weighted by Crippen LogP contribution is 2.30. The van der Waals surface area contributed by atoms with E-state index in [9.17, 15) is 9.18 Å². The number of aromatic amines is 1. The van der Waals surface area contributed by atoms with Gasteiger partial charge in [0.05, 0.1) is 23.3 Å². The Balaban J connectivity index is 1.52. The Morgan fingerprint density at radius 3 is 3.04 bits per heavy atom. The summed E-state index contributed by atoms with van der Waals surface area (Å²) in [6.45, 7) is 3.09. The molecule has 1 aliphatic rings. The number of H-pyrrole nitrogens is 1. The molecule has 8 heteroatoms. The van der Waals surface area contributed by atoms with E-state index in [0.717, 1.165) is 30.5 Å². The Labute approximate surface area is 156 Å². The van der Waals surface area contributed by atoms with Crippen LogP contribution < -0.4 is 5.32 Å². The number of carbonyl (C=O) groups is 1. The number of benzene rings is 1. The minimum Gasteiger partial charge on any atom is -0.340 e. The first-order valence-electron chi connectivity index (χ1n) is 9.20. The number of aryl methyl sites for hydroxylation is 1. The lowest BCUT2D eigenvalue weighted by Gasteiger charge is -2.34. The number of hydrogen-bond acceptors (Lipinski definition) is 3. The van der Waals surface area contributed by atoms with Crippen molar-refractivity contribution in [3.8, 4) is 0 Å². The second-order valence-corrected chi connectivity index (χ2v) is 7.03. The summed E-state index contributed by atoms with van der Waals surface area (Å²) >= 11 is 0. The largest absolute Gasteiger partial charge is 0.340 e. The number of amides is 2. The molecule has 0 bridgehead atoms. The van der Waals surface area contributed by atoms with Crippen LogP contribution in [0.25, 0.3) is 11.0 Å². The zero-order valence-electron chi connectivity index (χ0n) is 15.5. The van der Waals surface area contributed by atoms with Gasteiger partial charge in [-0.25, -0.2) is 14.2 Å². The Kier molecular flexibility index (Phi) is 4.55. The van der Waals surface area contributed by atoms with Crippen molar-refractivity contribution in [3.63, 3.8) is 0 Å². The van der Waals surface area contributed by atoms with Crippen LogP contribution in [0.4, 0.5) is 9.18 Å². The number of likely N-dealkylation sites (tertiary alicyclic amines) is 1. The van der Waals surface area contributed by atoms with Crippen LogP contribution in [0.3, 0.4) is 0 Å². The molecule has 1 saturated heterocycles. The predicted molar refractivity (Wildman–Crippen MR) is 99.5 cm³/mol. The smallest absolute Gasteiger partial charge is 0.318 e. The van der Waals surface area contributed by atoms with E-state index >= 15 is 0 Å². The minimum absolute atomic E-state index is 0.116. The normalized spacial score (nSPS) is 17.4. The number of halogens is 1. The SMILES string of the molecule is Cc1c(CNC(=O)N2CCCC[C@H]2c2nc3ccc(F)cc3[nH]2)cnn1C. The highest BCUT2D eigenvalue weighted by molar-refractivity contribution is 5.77. The molecule has 1 aromatic carbocycles. The van der Waals surface area contributed by atoms with Crippen LogP contribution in [-0.2, 0) is 13.6 Å². The standard InChI is InChI=1S/C19H23FN6O/c1-12-13(11-22-25(12)2)10-21-19(27)26-8-4-3-5-17(26)18-23-15-7-6-14(20)9-16(15)24-18/h6-7,9,11,17H,3-5,8,10H2,1-2H3,(H,21,27)(H,23,24)/t17-/m0/s1. The molecule has 2 aromatic heterocycles. The summed E-state index contributed by atoms with van der Waals surface area (Å²) in [6, 6.07) is 4.24. The summed E-state index contributed by atoms with van der Waals surface area (Å²) in [4.78, 5) is 22.4. The third-order valence-electron chi connectivity index (χ3n) is 5.31. The van der Waals surface area contributed by atoms with Crippen LogP contribution in [0.5, 0.6) is 0 Å². The number of nitrogens with zero attached hydrogens (tertiary/aromatic N) is 4. The highest BCUT2D eigenvalue weighted by atomic mass is 19.1. The summed E-state index contributed by atoms with van der Waals surface area (Å²) in [5.41, 5.74) is 3.40. The Morgan fingerprint density at radius 2 is 2.26 bits per heavy atom. The van der Waals surface area contributed by atoms with Crippen LogP contribution in [0.15, 0.2) is 24.4 Å². The topological polar surface area (TPSA) is 78.8 Å². The predicted octanol–water partition coefficient (Wildman–Crippen LogP) is 3.18. The molecule has 0 radical (unpaired) electrons. The van der Waals surface area contributed by atoms with Crippen LogP contribution in [0.1, 0.15) is 42.4 Å². The molecular formula is C19H23FN6O. The number of carbonyl (C=O) groups excluding carboxylic acids is 1. The fraction of sp³-hybridized carbons (Fsp3) is 0.421. The lowest BCUT2D eigenvalue weighted by molar-refractivity contribution is 0.147. The van der Waals surface area contributed by atoms with Gasteiger partial charge >= 0.3 is 6.03 Å². The second kappa shape index (κ2) is 7.02. The first-order chi connectivity index (χ1) is 13.0. The van der Waals surface area contributed by atoms with Crippen molar-refractivity contribution in [2.24, 2.45) is 7.05 Å². The van der Waals surface area contributed by atoms with Gasteiger partial charge in [-0.05, 0) is 44.4 Å². The Bertz CT molecular complexity index is 978. The van der Waals surface area contributed by atoms with Crippen molar-refractivity contribution in [1.29, 1.82) is 0 Å². The molecule has 3 heterocycles. The molecule has 4 rings (SSSR count). The molecule has 1 fully saturated rings. The average Bonchev–Trinajstić information content (AvgIpc) is 3.23. The van der Waals surface area contributed by atoms with Gasteiger partial charge in [0.15, 0.2) is 0 Å². The lowest BCUT2D eigenvalue weighted by atomic mass is 10.0. The van der Waals surface area contributed by atoms with Gasteiger partial charge in [-0.1, -0.05) is 0 Å². The molecule has 27 heavy (non-hydrogen) atoms. The zero-order valence-corrected chi connectivity index (χ0v) is 15.5. The van der Waals surface area contributed by atoms with Gasteiger partial charge in [0.2, 0.25) is 0 Å². The van der Waals surface area contributed by atoms with E-state index in [0.29, 0.717) is 29.9 Å². The third-order valence-corrected chi connectivity index (χ3v) is 5.31. The van der Waals surface area contributed by atoms with Gasteiger partial charge in [-0.15, -0.1) is 0 Å². The Morgan fingerprint density at radius 1 is 1.41 bits per heavy atom. The summed E-state index contributed by atoms with van der Waals surface area (Å²) in [7, 11) is 1.88. The molecule has 0 aliphatic carbocycles. The van der Waals surface area contributed by atoms with E-state index in [4.69, 9.17) is 0 Å². The zero-order chi connectivity index (χ0) is 19.0. The minimum atomic E-state index is -0.303. The maximum atomic E-state index is 13.5. The summed E-state index contributed by atoms with van der Waals surface area (Å²) in [5.74, 6) is 0.408. The molecule has 0 spiro atoms. The summed E-state index contributed by atoms with van der Waals surface area (Å²) in [6.07, 6.45) is 4.60. The molecule has 0 saturated carbocycles. The molecular weight excluding hydrogens is 347 g/mol. The third kappa shape index (κ3) is 3.39. The van der Waals surface area contributed by atoms with E-state index in [-0.39, 0.29) is 17.9 Å². The number of fused-ring (bicyclic) bond motifs is 1. The van der Waals surface area contributed by atoms with Crippen molar-refractivity contribution in [1.82, 2.24) is 30.0 Å². The van der Waals surface area contributed by atoms with E-state index < -0.39 is 0 Å². The van der Waals surface area contributed by atoms with E-state index in [2.05, 4.69) is 20.4 Å². The molecule has 3 aromatic rings. The van der Waals surface area contributed by atoms with Crippen LogP contribution in [0.2, 0.25) is 0 Å². The first-order valence-corrected chi connectivity index (χ1v) is 9.20. The molecule has 0 unspecified atom stereocenters. The van der Waals surface area contributed by atoms with Crippen LogP contribution >= 0.6 is 0 Å². The molecule has 2 N–H and O–H groups in total. The van der Waals surface area contributed by atoms with Gasteiger partial charge in [0.1, 0.15) is 11.6 Å². The average molecular weight is 370 g/mol. The number of imidazole rings is 1. The maximum Gasteiger partial charge on any atom is 0.318 e. The number of rotatable bonds is 3. The van der Waals surface area contributed by atoms with Gasteiger partial charge in [0, 0.05) is 31.4 Å². The van der Waals surface area contributed by atoms with Crippen molar-refractivity contribution < 1.29 is 9.18 Å². The highest BCUT2D eigenvalue weighted by Gasteiger charge is 2.30. The molecule has 1 aliphatic heterocycles. The number of piperidine rings is 1. The summed E-state index contributed by atoms with van der Waals surface area (Å²) in [5, 5.41) is 7.20. The summed E-state index contributed by atoms with van der Waals surface area (Å²) < 4.78 is 15.3. The monoisotopic (exact) mass is 370 g/mol. The van der Waals surface area contributed by atoms with Gasteiger partial charge in [-0.3, -0.25) is 4.68 Å². The Hall–Kier alpha value is -2.90. The van der Waals surface area contributed by atoms with Crippen molar-refractivity contribution in [3.05, 3.63) is 47.3 Å². The number of hydrogen-bond donors (Lipinski definition) is 2. The van der Waals surface area contributed by atoms with E-state index in [1.807, 2.05) is 18.9 Å². The molecule has 1 atom stereocenters. The molecule has 7 nitrogen and oxygen atoms in total. The second-order valence-electron chi connectivity index (χ2n) is 7.03. The molecule has 2 amide bonds. The van der Waals surface area contributed by atoms with Crippen molar-refractivity contribution >= 4 is 17.1 Å². The quantitative estimate of drug-likeness (QED) is 0.743. The fourth-order valence-electron chi connectivity index (χ4n) is 3.61. The van der Waals surface area contributed by atoms with Crippen LogP contribution in [-0.4, -0.2) is 37.2 Å². The van der Waals surface area contributed by atoms with E-state index in [1.165, 1.54) is 12.1 Å². The number of aromatic nitrogens is 4. The van der Waals surface area contributed by atoms with Crippen molar-refractivity contribution in [2.75, 3.05) is 6.54 Å². The van der Waals surface area contributed by atoms with Gasteiger partial charge in [0.25, 0.3) is 0 Å². The number of urea groups is 1. The number of nitrogens with one attached hydrogen (secondary N) is 2. The first kappa shape index (κ1) is 17.5. The van der Waals surface area contributed by atoms with Gasteiger partial charge < -0.3 is 15.2 Å². The fourth-order valence-corrected chi connectivity index (χ4v) is 3.61. The van der Waals surface area contributed by atoms with E-state index in [1.54, 1.807) is 16.9 Å². The molecule has 142 valence electrons. The van der Waals surface area contributed by atoms with Crippen molar-refractivity contribution in [2.45, 2.75) is 38.8 Å². The van der Waals surface area contributed by atoms with Gasteiger partial charge in [-0.2, -0.15) is 5.10 Å².